The van der Waals surface area contributed by atoms with E-state index in [1.54, 1.807) is 24.2 Å². The van der Waals surface area contributed by atoms with Crippen LogP contribution in [0.5, 0.6) is 0 Å². The second-order valence-electron chi connectivity index (χ2n) is 5.82. The van der Waals surface area contributed by atoms with Crippen molar-refractivity contribution in [1.82, 2.24) is 10.2 Å². The van der Waals surface area contributed by atoms with E-state index in [2.05, 4.69) is 10.2 Å². The van der Waals surface area contributed by atoms with Crippen molar-refractivity contribution < 1.29 is 14.0 Å². The van der Waals surface area contributed by atoms with E-state index in [9.17, 15) is 9.59 Å². The van der Waals surface area contributed by atoms with Crippen molar-refractivity contribution in [3.8, 4) is 0 Å². The highest BCUT2D eigenvalue weighted by Crippen LogP contribution is 2.18. The molecule has 2 aromatic rings. The average molecular weight is 327 g/mol. The van der Waals surface area contributed by atoms with Gasteiger partial charge in [0, 0.05) is 37.4 Å². The lowest BCUT2D eigenvalue weighted by atomic mass is 10.1. The highest BCUT2D eigenvalue weighted by atomic mass is 16.3. The quantitative estimate of drug-likeness (QED) is 0.876. The first-order valence-corrected chi connectivity index (χ1v) is 8.04. The maximum Gasteiger partial charge on any atom is 0.317 e. The molecule has 0 aliphatic carbocycles. The van der Waals surface area contributed by atoms with Crippen LogP contribution in [0.15, 0.2) is 47.1 Å². The molecule has 1 aliphatic rings. The molecular formula is C18H21N3O3. The maximum absolute atomic E-state index is 12.2. The molecule has 0 radical (unpaired) electrons. The lowest BCUT2D eigenvalue weighted by Crippen LogP contribution is -2.51. The molecule has 0 unspecified atom stereocenters. The van der Waals surface area contributed by atoms with Crippen molar-refractivity contribution in [3.05, 3.63) is 54.0 Å². The van der Waals surface area contributed by atoms with Crippen LogP contribution in [0, 0.1) is 0 Å². The summed E-state index contributed by atoms with van der Waals surface area (Å²) < 4.78 is 5.21. The van der Waals surface area contributed by atoms with Crippen molar-refractivity contribution in [1.29, 1.82) is 0 Å². The van der Waals surface area contributed by atoms with E-state index >= 15 is 0 Å². The van der Waals surface area contributed by atoms with Gasteiger partial charge in [0.25, 0.3) is 0 Å². The molecule has 1 aliphatic heterocycles. The fourth-order valence-corrected chi connectivity index (χ4v) is 2.78. The molecule has 0 spiro atoms. The van der Waals surface area contributed by atoms with Crippen molar-refractivity contribution in [2.45, 2.75) is 13.5 Å². The SMILES string of the molecule is CC(=O)c1cccc(N2CCN(C(=O)NCc3ccco3)CC2)c1. The zero-order chi connectivity index (χ0) is 16.9. The monoisotopic (exact) mass is 327 g/mol. The van der Waals surface area contributed by atoms with Gasteiger partial charge in [-0.3, -0.25) is 4.79 Å². The molecule has 2 amide bonds. The van der Waals surface area contributed by atoms with Gasteiger partial charge < -0.3 is 19.5 Å². The summed E-state index contributed by atoms with van der Waals surface area (Å²) in [6.07, 6.45) is 1.59. The third-order valence-electron chi connectivity index (χ3n) is 4.18. The molecule has 1 N–H and O–H groups in total. The molecule has 3 rings (SSSR count). The van der Waals surface area contributed by atoms with E-state index in [1.165, 1.54) is 0 Å². The first-order chi connectivity index (χ1) is 11.6. The minimum Gasteiger partial charge on any atom is -0.467 e. The summed E-state index contributed by atoms with van der Waals surface area (Å²) in [5.74, 6) is 0.802. The van der Waals surface area contributed by atoms with Gasteiger partial charge >= 0.3 is 6.03 Å². The molecule has 0 bridgehead atoms. The van der Waals surface area contributed by atoms with Gasteiger partial charge in [0.15, 0.2) is 5.78 Å². The lowest BCUT2D eigenvalue weighted by Gasteiger charge is -2.36. The standard InChI is InChI=1S/C18H21N3O3/c1-14(22)15-4-2-5-16(12-15)20-7-9-21(10-8-20)18(23)19-13-17-6-3-11-24-17/h2-6,11-12H,7-10,13H2,1H3,(H,19,23). The number of hydrogen-bond acceptors (Lipinski definition) is 4. The number of benzene rings is 1. The summed E-state index contributed by atoms with van der Waals surface area (Å²) >= 11 is 0. The largest absolute Gasteiger partial charge is 0.467 e. The Bertz CT molecular complexity index is 704. The molecule has 1 saturated heterocycles. The number of rotatable bonds is 4. The number of amides is 2. The third-order valence-corrected chi connectivity index (χ3v) is 4.18. The minimum absolute atomic E-state index is 0.0628. The molecule has 0 saturated carbocycles. The molecule has 1 fully saturated rings. The Kier molecular flexibility index (Phi) is 4.84. The second-order valence-corrected chi connectivity index (χ2v) is 5.82. The van der Waals surface area contributed by atoms with Crippen LogP contribution in [0.3, 0.4) is 0 Å². The van der Waals surface area contributed by atoms with E-state index in [1.807, 2.05) is 30.3 Å². The number of ketones is 1. The molecule has 0 atom stereocenters. The van der Waals surface area contributed by atoms with E-state index in [0.29, 0.717) is 25.2 Å². The number of Topliss-reactive ketones (excluding diaryl/α,β-unsaturated/α-hetero) is 1. The van der Waals surface area contributed by atoms with E-state index in [0.717, 1.165) is 24.5 Å². The molecule has 1 aromatic carbocycles. The van der Waals surface area contributed by atoms with Crippen LogP contribution in [-0.4, -0.2) is 42.9 Å². The van der Waals surface area contributed by atoms with Gasteiger partial charge in [-0.15, -0.1) is 0 Å². The number of nitrogens with one attached hydrogen (secondary N) is 1. The van der Waals surface area contributed by atoms with Crippen LogP contribution in [0.2, 0.25) is 0 Å². The van der Waals surface area contributed by atoms with Crippen molar-refractivity contribution in [3.63, 3.8) is 0 Å². The number of hydrogen-bond donors (Lipinski definition) is 1. The van der Waals surface area contributed by atoms with Crippen LogP contribution >= 0.6 is 0 Å². The summed E-state index contributed by atoms with van der Waals surface area (Å²) in [6, 6.07) is 11.2. The summed E-state index contributed by atoms with van der Waals surface area (Å²) in [6.45, 7) is 4.75. The Morgan fingerprint density at radius 2 is 1.92 bits per heavy atom. The van der Waals surface area contributed by atoms with Gasteiger partial charge in [0.2, 0.25) is 0 Å². The number of piperazine rings is 1. The molecule has 24 heavy (non-hydrogen) atoms. The Labute approximate surface area is 141 Å². The summed E-state index contributed by atoms with van der Waals surface area (Å²) in [5.41, 5.74) is 1.74. The number of nitrogens with zero attached hydrogens (tertiary/aromatic N) is 2. The number of anilines is 1. The Hall–Kier alpha value is -2.76. The normalized spacial score (nSPS) is 14.5. The lowest BCUT2D eigenvalue weighted by molar-refractivity contribution is 0.101. The predicted molar refractivity (Wildman–Crippen MR) is 91.2 cm³/mol. The summed E-state index contributed by atoms with van der Waals surface area (Å²) in [5, 5.41) is 2.86. The highest BCUT2D eigenvalue weighted by molar-refractivity contribution is 5.95. The van der Waals surface area contributed by atoms with Gasteiger partial charge in [0.1, 0.15) is 5.76 Å². The number of carbonyl (C=O) groups is 2. The van der Waals surface area contributed by atoms with Crippen LogP contribution in [0.1, 0.15) is 23.0 Å². The fraction of sp³-hybridized carbons (Fsp3) is 0.333. The van der Waals surface area contributed by atoms with Gasteiger partial charge in [-0.25, -0.2) is 4.79 Å². The molecule has 6 nitrogen and oxygen atoms in total. The maximum atomic E-state index is 12.2. The van der Waals surface area contributed by atoms with Crippen molar-refractivity contribution in [2.75, 3.05) is 31.1 Å². The van der Waals surface area contributed by atoms with Gasteiger partial charge in [-0.05, 0) is 31.2 Å². The number of furan rings is 1. The topological polar surface area (TPSA) is 65.8 Å². The Morgan fingerprint density at radius 3 is 2.58 bits per heavy atom. The van der Waals surface area contributed by atoms with Crippen LogP contribution in [0.25, 0.3) is 0 Å². The van der Waals surface area contributed by atoms with Gasteiger partial charge in [-0.2, -0.15) is 0 Å². The zero-order valence-electron chi connectivity index (χ0n) is 13.7. The fourth-order valence-electron chi connectivity index (χ4n) is 2.78. The Balaban J connectivity index is 1.52. The molecule has 1 aromatic heterocycles. The first-order valence-electron chi connectivity index (χ1n) is 8.04. The van der Waals surface area contributed by atoms with Crippen molar-refractivity contribution >= 4 is 17.5 Å². The van der Waals surface area contributed by atoms with Crippen LogP contribution in [-0.2, 0) is 6.54 Å². The van der Waals surface area contributed by atoms with E-state index in [4.69, 9.17) is 4.42 Å². The van der Waals surface area contributed by atoms with E-state index < -0.39 is 0 Å². The number of urea groups is 1. The van der Waals surface area contributed by atoms with Crippen LogP contribution in [0.4, 0.5) is 10.5 Å². The highest BCUT2D eigenvalue weighted by Gasteiger charge is 2.21. The molecule has 6 heteroatoms. The van der Waals surface area contributed by atoms with Crippen molar-refractivity contribution in [2.24, 2.45) is 0 Å². The smallest absolute Gasteiger partial charge is 0.317 e. The third kappa shape index (κ3) is 3.76. The summed E-state index contributed by atoms with van der Waals surface area (Å²) in [4.78, 5) is 27.7. The molecule has 126 valence electrons. The van der Waals surface area contributed by atoms with Gasteiger partial charge in [0.05, 0.1) is 12.8 Å². The predicted octanol–water partition coefficient (Wildman–Crippen LogP) is 2.51. The van der Waals surface area contributed by atoms with E-state index in [-0.39, 0.29) is 11.8 Å². The average Bonchev–Trinajstić information content (AvgIpc) is 3.13. The Morgan fingerprint density at radius 1 is 1.12 bits per heavy atom. The first kappa shape index (κ1) is 16.1. The van der Waals surface area contributed by atoms with Crippen LogP contribution < -0.4 is 10.2 Å². The number of carbonyl (C=O) groups excluding carboxylic acids is 2. The zero-order valence-corrected chi connectivity index (χ0v) is 13.7. The minimum atomic E-state index is -0.0801. The summed E-state index contributed by atoms with van der Waals surface area (Å²) in [7, 11) is 0. The molecular weight excluding hydrogens is 306 g/mol. The molecule has 2 heterocycles. The second kappa shape index (κ2) is 7.21. The van der Waals surface area contributed by atoms with Gasteiger partial charge in [-0.1, -0.05) is 12.1 Å².